The lowest BCUT2D eigenvalue weighted by Gasteiger charge is -2.07. The summed E-state index contributed by atoms with van der Waals surface area (Å²) in [5.74, 6) is 3.42. The summed E-state index contributed by atoms with van der Waals surface area (Å²) < 4.78 is 5.31. The van der Waals surface area contributed by atoms with Gasteiger partial charge in [-0.1, -0.05) is 18.1 Å². The molecule has 0 saturated carbocycles. The maximum Gasteiger partial charge on any atom is 0.216 e. The Hall–Kier alpha value is -3.65. The number of H-pyrrole nitrogens is 1. The number of ether oxygens (including phenoxy) is 1. The van der Waals surface area contributed by atoms with Crippen LogP contribution >= 0.6 is 0 Å². The molecule has 0 unspecified atom stereocenters. The zero-order valence-corrected chi connectivity index (χ0v) is 15.6. The molecule has 28 heavy (non-hydrogen) atoms. The van der Waals surface area contributed by atoms with Crippen molar-refractivity contribution >= 4 is 11.0 Å². The molecule has 0 fully saturated rings. The second-order valence-electron chi connectivity index (χ2n) is 6.55. The van der Waals surface area contributed by atoms with E-state index in [0.29, 0.717) is 5.88 Å². The van der Waals surface area contributed by atoms with Crippen LogP contribution in [0, 0.1) is 12.3 Å². The number of hydrogen-bond acceptors (Lipinski definition) is 4. The summed E-state index contributed by atoms with van der Waals surface area (Å²) in [6.07, 6.45) is 15.4. The fraction of sp³-hybridized carbons (Fsp3) is 0.174. The molecule has 0 bridgehead atoms. The third-order valence-electron chi connectivity index (χ3n) is 4.79. The Bertz CT molecular complexity index is 1140. The van der Waals surface area contributed by atoms with Crippen molar-refractivity contribution in [2.75, 3.05) is 7.11 Å². The molecule has 4 aromatic rings. The highest BCUT2D eigenvalue weighted by atomic mass is 16.5. The number of aryl methyl sites for hydroxylation is 2. The maximum absolute atomic E-state index is 5.64. The Morgan fingerprint density at radius 3 is 2.75 bits per heavy atom. The van der Waals surface area contributed by atoms with E-state index < -0.39 is 0 Å². The summed E-state index contributed by atoms with van der Waals surface area (Å²) in [7, 11) is 1.64. The predicted molar refractivity (Wildman–Crippen MR) is 109 cm³/mol. The molecule has 4 rings (SSSR count). The van der Waals surface area contributed by atoms with Crippen molar-refractivity contribution in [1.29, 1.82) is 0 Å². The smallest absolute Gasteiger partial charge is 0.216 e. The number of terminal acetylenes is 1. The lowest BCUT2D eigenvalue weighted by molar-refractivity contribution is 0.392. The van der Waals surface area contributed by atoms with Gasteiger partial charge in [0.25, 0.3) is 0 Å². The van der Waals surface area contributed by atoms with E-state index in [4.69, 9.17) is 11.2 Å². The predicted octanol–water partition coefficient (Wildman–Crippen LogP) is 3.72. The van der Waals surface area contributed by atoms with E-state index in [0.717, 1.165) is 58.2 Å². The average Bonchev–Trinajstić information content (AvgIpc) is 3.16. The molecule has 4 aromatic heterocycles. The van der Waals surface area contributed by atoms with E-state index in [1.165, 1.54) is 0 Å². The van der Waals surface area contributed by atoms with Crippen LogP contribution in [0.3, 0.4) is 0 Å². The van der Waals surface area contributed by atoms with Crippen LogP contribution < -0.4 is 4.74 Å². The quantitative estimate of drug-likeness (QED) is 0.527. The molecule has 0 saturated heterocycles. The fourth-order valence-corrected chi connectivity index (χ4v) is 3.37. The molecule has 0 atom stereocenters. The first-order valence-electron chi connectivity index (χ1n) is 9.11. The summed E-state index contributed by atoms with van der Waals surface area (Å²) in [5, 5.41) is 1.01. The van der Waals surface area contributed by atoms with Crippen LogP contribution in [0.4, 0.5) is 0 Å². The van der Waals surface area contributed by atoms with Crippen LogP contribution in [0.25, 0.3) is 11.0 Å². The van der Waals surface area contributed by atoms with Crippen LogP contribution in [0.1, 0.15) is 27.9 Å². The van der Waals surface area contributed by atoms with Gasteiger partial charge in [-0.05, 0) is 42.2 Å². The minimum atomic E-state index is 0.677. The standard InChI is InChI=1S/C23H20N4O/c1-3-17-10-12-24-22-21(17)19(15-27-22)13-16-6-8-20(26-14-16)9-7-18-5-4-11-25-23(18)28-2/h1,4-6,8,10-12,14-15H,7,9,13H2,2H3,(H,24,27). The minimum Gasteiger partial charge on any atom is -0.481 e. The number of fused-ring (bicyclic) bond motifs is 1. The maximum atomic E-state index is 5.64. The summed E-state index contributed by atoms with van der Waals surface area (Å²) in [6, 6.07) is 10.0. The van der Waals surface area contributed by atoms with Crippen LogP contribution in [-0.4, -0.2) is 27.0 Å². The molecule has 5 nitrogen and oxygen atoms in total. The van der Waals surface area contributed by atoms with Gasteiger partial charge in [-0.2, -0.15) is 0 Å². The topological polar surface area (TPSA) is 63.7 Å². The van der Waals surface area contributed by atoms with E-state index in [9.17, 15) is 0 Å². The number of rotatable bonds is 6. The van der Waals surface area contributed by atoms with Gasteiger partial charge in [0.2, 0.25) is 5.88 Å². The van der Waals surface area contributed by atoms with Crippen LogP contribution in [0.2, 0.25) is 0 Å². The van der Waals surface area contributed by atoms with Crippen molar-refractivity contribution in [2.24, 2.45) is 0 Å². The largest absolute Gasteiger partial charge is 0.481 e. The molecule has 0 radical (unpaired) electrons. The Kier molecular flexibility index (Phi) is 5.03. The van der Waals surface area contributed by atoms with Gasteiger partial charge in [-0.3, -0.25) is 4.98 Å². The van der Waals surface area contributed by atoms with Gasteiger partial charge in [-0.15, -0.1) is 6.42 Å². The van der Waals surface area contributed by atoms with Gasteiger partial charge in [0.1, 0.15) is 5.65 Å². The highest BCUT2D eigenvalue weighted by molar-refractivity contribution is 5.86. The number of nitrogens with one attached hydrogen (secondary N) is 1. The first kappa shape index (κ1) is 17.7. The normalized spacial score (nSPS) is 10.7. The Labute approximate surface area is 163 Å². The van der Waals surface area contributed by atoms with Gasteiger partial charge in [-0.25, -0.2) is 9.97 Å². The molecule has 4 heterocycles. The van der Waals surface area contributed by atoms with E-state index in [2.05, 4.69) is 38.0 Å². The zero-order valence-electron chi connectivity index (χ0n) is 15.6. The first-order chi connectivity index (χ1) is 13.8. The number of hydrogen-bond donors (Lipinski definition) is 1. The first-order valence-corrected chi connectivity index (χ1v) is 9.11. The van der Waals surface area contributed by atoms with E-state index in [1.807, 2.05) is 30.6 Å². The summed E-state index contributed by atoms with van der Waals surface area (Å²) in [6.45, 7) is 0. The molecule has 5 heteroatoms. The van der Waals surface area contributed by atoms with Crippen molar-refractivity contribution < 1.29 is 4.74 Å². The van der Waals surface area contributed by atoms with Gasteiger partial charge >= 0.3 is 0 Å². The third-order valence-corrected chi connectivity index (χ3v) is 4.79. The van der Waals surface area contributed by atoms with Gasteiger partial charge in [0.15, 0.2) is 0 Å². The number of nitrogens with zero attached hydrogens (tertiary/aromatic N) is 3. The molecule has 0 spiro atoms. The number of pyridine rings is 3. The molecule has 0 amide bonds. The minimum absolute atomic E-state index is 0.677. The molecule has 0 aliphatic rings. The molecular formula is C23H20N4O. The second-order valence-corrected chi connectivity index (χ2v) is 6.55. The SMILES string of the molecule is C#Cc1ccnc2[nH]cc(Cc3ccc(CCc4cccnc4OC)nc3)c12. The van der Waals surface area contributed by atoms with Crippen molar-refractivity contribution in [3.05, 3.63) is 83.1 Å². The van der Waals surface area contributed by atoms with Crippen LogP contribution in [0.5, 0.6) is 5.88 Å². The van der Waals surface area contributed by atoms with E-state index in [-0.39, 0.29) is 0 Å². The summed E-state index contributed by atoms with van der Waals surface area (Å²) in [5.41, 5.74) is 6.07. The number of aromatic nitrogens is 4. The summed E-state index contributed by atoms with van der Waals surface area (Å²) in [4.78, 5) is 16.4. The van der Waals surface area contributed by atoms with E-state index in [1.54, 1.807) is 19.5 Å². The molecule has 0 aliphatic carbocycles. The lowest BCUT2D eigenvalue weighted by Crippen LogP contribution is -1.99. The van der Waals surface area contributed by atoms with E-state index >= 15 is 0 Å². The van der Waals surface area contributed by atoms with Crippen molar-refractivity contribution in [2.45, 2.75) is 19.3 Å². The third kappa shape index (κ3) is 3.58. The fourth-order valence-electron chi connectivity index (χ4n) is 3.37. The zero-order chi connectivity index (χ0) is 19.3. The molecular weight excluding hydrogens is 348 g/mol. The van der Waals surface area contributed by atoms with Crippen molar-refractivity contribution in [3.8, 4) is 18.2 Å². The monoisotopic (exact) mass is 368 g/mol. The Balaban J connectivity index is 1.48. The second kappa shape index (κ2) is 7.93. The molecule has 0 aliphatic heterocycles. The molecule has 1 N–H and O–H groups in total. The number of aromatic amines is 1. The Morgan fingerprint density at radius 1 is 1.04 bits per heavy atom. The highest BCUT2D eigenvalue weighted by Crippen LogP contribution is 2.23. The summed E-state index contributed by atoms with van der Waals surface area (Å²) >= 11 is 0. The highest BCUT2D eigenvalue weighted by Gasteiger charge is 2.10. The Morgan fingerprint density at radius 2 is 1.96 bits per heavy atom. The molecule has 0 aromatic carbocycles. The van der Waals surface area contributed by atoms with Crippen molar-refractivity contribution in [3.63, 3.8) is 0 Å². The van der Waals surface area contributed by atoms with Gasteiger partial charge in [0.05, 0.1) is 7.11 Å². The molecule has 138 valence electrons. The lowest BCUT2D eigenvalue weighted by atomic mass is 10.0. The van der Waals surface area contributed by atoms with Crippen LogP contribution in [0.15, 0.2) is 55.1 Å². The van der Waals surface area contributed by atoms with Crippen LogP contribution in [-0.2, 0) is 19.3 Å². The number of methoxy groups -OCH3 is 1. The average molecular weight is 368 g/mol. The van der Waals surface area contributed by atoms with Gasteiger partial charge in [0, 0.05) is 53.4 Å². The van der Waals surface area contributed by atoms with Crippen molar-refractivity contribution in [1.82, 2.24) is 19.9 Å². The van der Waals surface area contributed by atoms with Gasteiger partial charge < -0.3 is 9.72 Å².